The van der Waals surface area contributed by atoms with Gasteiger partial charge in [-0.2, -0.15) is 0 Å². The summed E-state index contributed by atoms with van der Waals surface area (Å²) < 4.78 is 12.9. The second kappa shape index (κ2) is 5.27. The molecule has 0 saturated heterocycles. The van der Waals surface area contributed by atoms with Crippen molar-refractivity contribution in [2.24, 2.45) is 7.05 Å². The standard InChI is InChI=1S/C11H13N5O2S/c1-7-8(5-4-6-9(7)19(3)18)10(17)12-11-13-14-15-16(11)2/h4-6H,1-3H3,(H,12,13,15,17)/t19-/m0/s1. The number of hydrogen-bond donors (Lipinski definition) is 1. The van der Waals surface area contributed by atoms with Crippen molar-refractivity contribution in [3.63, 3.8) is 0 Å². The summed E-state index contributed by atoms with van der Waals surface area (Å²) in [5.41, 5.74) is 1.15. The minimum atomic E-state index is -1.14. The minimum absolute atomic E-state index is 0.257. The molecule has 1 aromatic carbocycles. The highest BCUT2D eigenvalue weighted by Gasteiger charge is 2.15. The number of aryl methyl sites for hydroxylation is 1. The normalized spacial score (nSPS) is 12.2. The van der Waals surface area contributed by atoms with Gasteiger partial charge in [-0.1, -0.05) is 11.2 Å². The third-order valence-electron chi connectivity index (χ3n) is 2.68. The number of nitrogens with zero attached hydrogens (tertiary/aromatic N) is 4. The molecule has 0 saturated carbocycles. The Kier molecular flexibility index (Phi) is 3.70. The molecule has 8 heteroatoms. The van der Waals surface area contributed by atoms with Crippen LogP contribution in [0.4, 0.5) is 5.95 Å². The third kappa shape index (κ3) is 2.68. The molecule has 0 radical (unpaired) electrons. The average Bonchev–Trinajstić information content (AvgIpc) is 2.74. The highest BCUT2D eigenvalue weighted by molar-refractivity contribution is 7.84. The van der Waals surface area contributed by atoms with Crippen LogP contribution in [0.5, 0.6) is 0 Å². The predicted octanol–water partition coefficient (Wildman–Crippen LogP) is 0.508. The van der Waals surface area contributed by atoms with E-state index in [-0.39, 0.29) is 11.9 Å². The molecule has 0 bridgehead atoms. The smallest absolute Gasteiger partial charge is 0.258 e. The third-order valence-corrected chi connectivity index (χ3v) is 3.75. The SMILES string of the molecule is Cc1c(C(=O)Nc2nnnn2C)cccc1[S@](C)=O. The summed E-state index contributed by atoms with van der Waals surface area (Å²) in [5.74, 6) is -0.0740. The maximum atomic E-state index is 12.1. The lowest BCUT2D eigenvalue weighted by atomic mass is 10.1. The highest BCUT2D eigenvalue weighted by atomic mass is 32.2. The molecule has 0 aliphatic heterocycles. The van der Waals surface area contributed by atoms with Crippen molar-refractivity contribution in [3.05, 3.63) is 29.3 Å². The zero-order chi connectivity index (χ0) is 14.0. The Bertz CT molecular complexity index is 652. The van der Waals surface area contributed by atoms with Gasteiger partial charge >= 0.3 is 0 Å². The fourth-order valence-electron chi connectivity index (χ4n) is 1.68. The van der Waals surface area contributed by atoms with Crippen LogP contribution in [-0.4, -0.2) is 36.6 Å². The zero-order valence-corrected chi connectivity index (χ0v) is 11.6. The Morgan fingerprint density at radius 1 is 1.42 bits per heavy atom. The van der Waals surface area contributed by atoms with E-state index in [2.05, 4.69) is 20.8 Å². The summed E-state index contributed by atoms with van der Waals surface area (Å²) in [4.78, 5) is 12.8. The first kappa shape index (κ1) is 13.3. The van der Waals surface area contributed by atoms with Crippen molar-refractivity contribution in [2.45, 2.75) is 11.8 Å². The zero-order valence-electron chi connectivity index (χ0n) is 10.7. The fourth-order valence-corrected chi connectivity index (χ4v) is 2.49. The minimum Gasteiger partial charge on any atom is -0.289 e. The van der Waals surface area contributed by atoms with E-state index in [0.29, 0.717) is 16.0 Å². The largest absolute Gasteiger partial charge is 0.289 e. The van der Waals surface area contributed by atoms with Gasteiger partial charge in [0.05, 0.1) is 10.8 Å². The maximum Gasteiger partial charge on any atom is 0.258 e. The number of anilines is 1. The van der Waals surface area contributed by atoms with Gasteiger partial charge in [0.1, 0.15) is 0 Å². The van der Waals surface area contributed by atoms with E-state index in [4.69, 9.17) is 0 Å². The maximum absolute atomic E-state index is 12.1. The van der Waals surface area contributed by atoms with Gasteiger partial charge in [0.2, 0.25) is 5.95 Å². The van der Waals surface area contributed by atoms with E-state index in [9.17, 15) is 9.00 Å². The quantitative estimate of drug-likeness (QED) is 0.884. The van der Waals surface area contributed by atoms with Crippen LogP contribution in [0.3, 0.4) is 0 Å². The predicted molar refractivity (Wildman–Crippen MR) is 70.3 cm³/mol. The van der Waals surface area contributed by atoms with Crippen LogP contribution in [0.15, 0.2) is 23.1 Å². The number of aromatic nitrogens is 4. The number of benzene rings is 1. The highest BCUT2D eigenvalue weighted by Crippen LogP contribution is 2.17. The Hall–Kier alpha value is -2.09. The van der Waals surface area contributed by atoms with Gasteiger partial charge < -0.3 is 0 Å². The number of amides is 1. The lowest BCUT2D eigenvalue weighted by molar-refractivity contribution is 0.102. The number of rotatable bonds is 3. The van der Waals surface area contributed by atoms with E-state index in [1.807, 2.05) is 0 Å². The molecule has 2 aromatic rings. The number of hydrogen-bond acceptors (Lipinski definition) is 5. The van der Waals surface area contributed by atoms with Gasteiger partial charge in [-0.3, -0.25) is 14.3 Å². The van der Waals surface area contributed by atoms with Crippen molar-refractivity contribution in [1.29, 1.82) is 0 Å². The Labute approximate surface area is 112 Å². The van der Waals surface area contributed by atoms with Crippen molar-refractivity contribution < 1.29 is 9.00 Å². The monoisotopic (exact) mass is 279 g/mol. The Morgan fingerprint density at radius 2 is 2.16 bits per heavy atom. The fraction of sp³-hybridized carbons (Fsp3) is 0.273. The molecule has 19 heavy (non-hydrogen) atoms. The molecule has 7 nitrogen and oxygen atoms in total. The van der Waals surface area contributed by atoms with Gasteiger partial charge in [-0.05, 0) is 35.0 Å². The van der Waals surface area contributed by atoms with Crippen LogP contribution in [-0.2, 0) is 17.8 Å². The van der Waals surface area contributed by atoms with Crippen LogP contribution in [0.1, 0.15) is 15.9 Å². The van der Waals surface area contributed by atoms with E-state index >= 15 is 0 Å². The topological polar surface area (TPSA) is 89.8 Å². The van der Waals surface area contributed by atoms with Crippen molar-refractivity contribution in [1.82, 2.24) is 20.2 Å². The number of tetrazole rings is 1. The first-order chi connectivity index (χ1) is 9.00. The van der Waals surface area contributed by atoms with E-state index in [0.717, 1.165) is 0 Å². The number of carbonyl (C=O) groups is 1. The van der Waals surface area contributed by atoms with Crippen LogP contribution in [0, 0.1) is 6.92 Å². The molecule has 1 amide bonds. The molecule has 2 rings (SSSR count). The van der Waals surface area contributed by atoms with E-state index in [1.165, 1.54) is 4.68 Å². The molecule has 0 fully saturated rings. The van der Waals surface area contributed by atoms with Crippen LogP contribution >= 0.6 is 0 Å². The van der Waals surface area contributed by atoms with Crippen LogP contribution in [0.25, 0.3) is 0 Å². The summed E-state index contributed by atoms with van der Waals surface area (Å²) in [6, 6.07) is 5.12. The summed E-state index contributed by atoms with van der Waals surface area (Å²) >= 11 is 0. The molecule has 100 valence electrons. The van der Waals surface area contributed by atoms with Crippen molar-refractivity contribution in [3.8, 4) is 0 Å². The molecular formula is C11H13N5O2S. The first-order valence-corrected chi connectivity index (χ1v) is 7.03. The van der Waals surface area contributed by atoms with Crippen LogP contribution < -0.4 is 5.32 Å². The van der Waals surface area contributed by atoms with Gasteiger partial charge in [0.25, 0.3) is 5.91 Å². The van der Waals surface area contributed by atoms with Gasteiger partial charge in [-0.25, -0.2) is 4.68 Å². The summed E-state index contributed by atoms with van der Waals surface area (Å²) in [5, 5.41) is 13.3. The number of nitrogens with one attached hydrogen (secondary N) is 1. The average molecular weight is 279 g/mol. The van der Waals surface area contributed by atoms with Gasteiger partial charge in [0.15, 0.2) is 0 Å². The molecular weight excluding hydrogens is 266 g/mol. The summed E-state index contributed by atoms with van der Waals surface area (Å²) in [7, 11) is 0.489. The van der Waals surface area contributed by atoms with E-state index in [1.54, 1.807) is 38.4 Å². The lowest BCUT2D eigenvalue weighted by Gasteiger charge is -2.09. The summed E-state index contributed by atoms with van der Waals surface area (Å²) in [6.45, 7) is 1.76. The molecule has 0 unspecified atom stereocenters. The molecule has 0 aliphatic carbocycles. The Balaban J connectivity index is 2.32. The molecule has 1 atom stereocenters. The second-order valence-electron chi connectivity index (χ2n) is 3.96. The van der Waals surface area contributed by atoms with E-state index < -0.39 is 10.8 Å². The molecule has 1 heterocycles. The molecule has 0 aliphatic rings. The van der Waals surface area contributed by atoms with Crippen molar-refractivity contribution >= 4 is 22.7 Å². The lowest BCUT2D eigenvalue weighted by Crippen LogP contribution is -2.17. The van der Waals surface area contributed by atoms with Gasteiger partial charge in [0, 0.05) is 23.8 Å². The van der Waals surface area contributed by atoms with Crippen LogP contribution in [0.2, 0.25) is 0 Å². The molecule has 1 N–H and O–H groups in total. The molecule has 0 spiro atoms. The van der Waals surface area contributed by atoms with Crippen molar-refractivity contribution in [2.75, 3.05) is 11.6 Å². The molecule has 1 aromatic heterocycles. The summed E-state index contributed by atoms with van der Waals surface area (Å²) in [6.07, 6.45) is 1.58. The second-order valence-corrected chi connectivity index (χ2v) is 5.31. The Morgan fingerprint density at radius 3 is 2.74 bits per heavy atom. The first-order valence-electron chi connectivity index (χ1n) is 5.47. The van der Waals surface area contributed by atoms with Gasteiger partial charge in [-0.15, -0.1) is 0 Å². The number of carbonyl (C=O) groups excluding carboxylic acids is 1.